The SMILES string of the molecule is Br.Br.CCOc1ccccc1N1CCNCC1. The minimum absolute atomic E-state index is 0. The molecule has 0 aliphatic carbocycles. The molecule has 1 aliphatic heterocycles. The minimum atomic E-state index is 0. The third-order valence-electron chi connectivity index (χ3n) is 2.62. The maximum absolute atomic E-state index is 5.63. The zero-order chi connectivity index (χ0) is 10.5. The van der Waals surface area contributed by atoms with E-state index in [2.05, 4.69) is 22.3 Å². The van der Waals surface area contributed by atoms with Gasteiger partial charge in [0.05, 0.1) is 12.3 Å². The van der Waals surface area contributed by atoms with Crippen LogP contribution >= 0.6 is 34.0 Å². The van der Waals surface area contributed by atoms with Gasteiger partial charge in [0.1, 0.15) is 5.75 Å². The molecule has 1 N–H and O–H groups in total. The lowest BCUT2D eigenvalue weighted by Crippen LogP contribution is -2.43. The molecule has 1 aliphatic rings. The fourth-order valence-corrected chi connectivity index (χ4v) is 1.90. The Hall–Kier alpha value is -0.260. The van der Waals surface area contributed by atoms with Crippen LogP contribution in [0.3, 0.4) is 0 Å². The molecular formula is C12H20Br2N2O. The highest BCUT2D eigenvalue weighted by Crippen LogP contribution is 2.27. The lowest BCUT2D eigenvalue weighted by atomic mass is 10.2. The summed E-state index contributed by atoms with van der Waals surface area (Å²) in [5.74, 6) is 1.00. The number of hydrogen-bond donors (Lipinski definition) is 1. The van der Waals surface area contributed by atoms with Gasteiger partial charge in [-0.1, -0.05) is 12.1 Å². The zero-order valence-corrected chi connectivity index (χ0v) is 13.4. The van der Waals surface area contributed by atoms with E-state index >= 15 is 0 Å². The largest absolute Gasteiger partial charge is 0.492 e. The molecule has 0 radical (unpaired) electrons. The second-order valence-corrected chi connectivity index (χ2v) is 3.64. The van der Waals surface area contributed by atoms with Crippen LogP contribution in [0, 0.1) is 0 Å². The topological polar surface area (TPSA) is 24.5 Å². The first-order valence-electron chi connectivity index (χ1n) is 5.59. The van der Waals surface area contributed by atoms with Crippen molar-refractivity contribution in [1.82, 2.24) is 5.32 Å². The number of rotatable bonds is 3. The molecule has 1 aromatic carbocycles. The van der Waals surface area contributed by atoms with Crippen LogP contribution in [0.2, 0.25) is 0 Å². The lowest BCUT2D eigenvalue weighted by molar-refractivity contribution is 0.340. The maximum Gasteiger partial charge on any atom is 0.142 e. The first kappa shape index (κ1) is 16.7. The number of hydrogen-bond acceptors (Lipinski definition) is 3. The average Bonchev–Trinajstić information content (AvgIpc) is 2.31. The number of nitrogens with zero attached hydrogens (tertiary/aromatic N) is 1. The number of para-hydroxylation sites is 2. The fourth-order valence-electron chi connectivity index (χ4n) is 1.90. The van der Waals surface area contributed by atoms with Crippen LogP contribution in [-0.4, -0.2) is 32.8 Å². The Bertz CT molecular complexity index is 317. The highest BCUT2D eigenvalue weighted by atomic mass is 79.9. The van der Waals surface area contributed by atoms with Gasteiger partial charge in [0, 0.05) is 26.2 Å². The Kier molecular flexibility index (Phi) is 8.64. The molecule has 0 bridgehead atoms. The molecule has 0 unspecified atom stereocenters. The summed E-state index contributed by atoms with van der Waals surface area (Å²) in [4.78, 5) is 2.38. The van der Waals surface area contributed by atoms with Crippen LogP contribution < -0.4 is 15.0 Å². The minimum Gasteiger partial charge on any atom is -0.492 e. The van der Waals surface area contributed by atoms with Crippen LogP contribution in [0.5, 0.6) is 5.75 Å². The van der Waals surface area contributed by atoms with Crippen molar-refractivity contribution in [2.45, 2.75) is 6.92 Å². The Morgan fingerprint density at radius 3 is 2.47 bits per heavy atom. The van der Waals surface area contributed by atoms with Crippen LogP contribution in [0.1, 0.15) is 6.92 Å². The van der Waals surface area contributed by atoms with Gasteiger partial charge in [-0.2, -0.15) is 0 Å². The summed E-state index contributed by atoms with van der Waals surface area (Å²) < 4.78 is 5.63. The Labute approximate surface area is 124 Å². The number of halogens is 2. The first-order valence-corrected chi connectivity index (χ1v) is 5.59. The predicted molar refractivity (Wildman–Crippen MR) is 83.3 cm³/mol. The molecule has 1 aromatic rings. The van der Waals surface area contributed by atoms with E-state index in [1.165, 1.54) is 5.69 Å². The van der Waals surface area contributed by atoms with Crippen molar-refractivity contribution in [1.29, 1.82) is 0 Å². The van der Waals surface area contributed by atoms with Gasteiger partial charge in [-0.3, -0.25) is 0 Å². The van der Waals surface area contributed by atoms with Crippen molar-refractivity contribution in [3.8, 4) is 5.75 Å². The summed E-state index contributed by atoms with van der Waals surface area (Å²) in [7, 11) is 0. The van der Waals surface area contributed by atoms with Crippen molar-refractivity contribution in [2.75, 3.05) is 37.7 Å². The summed E-state index contributed by atoms with van der Waals surface area (Å²) in [6.45, 7) is 6.98. The molecule has 98 valence electrons. The number of anilines is 1. The molecule has 5 heteroatoms. The predicted octanol–water partition coefficient (Wildman–Crippen LogP) is 2.65. The summed E-state index contributed by atoms with van der Waals surface area (Å²) in [6.07, 6.45) is 0. The zero-order valence-electron chi connectivity index (χ0n) is 10.0. The van der Waals surface area contributed by atoms with E-state index in [0.717, 1.165) is 38.5 Å². The van der Waals surface area contributed by atoms with E-state index in [1.54, 1.807) is 0 Å². The molecule has 1 saturated heterocycles. The van der Waals surface area contributed by atoms with Gasteiger partial charge in [-0.15, -0.1) is 34.0 Å². The average molecular weight is 368 g/mol. The second kappa shape index (κ2) is 8.78. The van der Waals surface area contributed by atoms with Gasteiger partial charge >= 0.3 is 0 Å². The molecule has 0 atom stereocenters. The standard InChI is InChI=1S/C12H18N2O.2BrH/c1-2-15-12-6-4-3-5-11(12)14-9-7-13-8-10-14;;/h3-6,13H,2,7-10H2,1H3;2*1H. The summed E-state index contributed by atoms with van der Waals surface area (Å²) >= 11 is 0. The van der Waals surface area contributed by atoms with Crippen LogP contribution in [0.15, 0.2) is 24.3 Å². The monoisotopic (exact) mass is 366 g/mol. The van der Waals surface area contributed by atoms with E-state index in [1.807, 2.05) is 19.1 Å². The molecule has 0 spiro atoms. The van der Waals surface area contributed by atoms with Crippen molar-refractivity contribution in [2.24, 2.45) is 0 Å². The Balaban J connectivity index is 0.00000128. The van der Waals surface area contributed by atoms with E-state index in [-0.39, 0.29) is 34.0 Å². The van der Waals surface area contributed by atoms with Crippen molar-refractivity contribution in [3.05, 3.63) is 24.3 Å². The van der Waals surface area contributed by atoms with Gasteiger partial charge in [0.15, 0.2) is 0 Å². The third-order valence-corrected chi connectivity index (χ3v) is 2.62. The molecular weight excluding hydrogens is 348 g/mol. The molecule has 0 saturated carbocycles. The molecule has 3 nitrogen and oxygen atoms in total. The van der Waals surface area contributed by atoms with Crippen molar-refractivity contribution < 1.29 is 4.74 Å². The number of piperazine rings is 1. The quantitative estimate of drug-likeness (QED) is 0.888. The van der Waals surface area contributed by atoms with E-state index in [4.69, 9.17) is 4.74 Å². The third kappa shape index (κ3) is 4.48. The number of ether oxygens (including phenoxy) is 1. The summed E-state index contributed by atoms with van der Waals surface area (Å²) in [5.41, 5.74) is 1.22. The van der Waals surface area contributed by atoms with E-state index in [0.29, 0.717) is 0 Å². The summed E-state index contributed by atoms with van der Waals surface area (Å²) in [5, 5.41) is 3.35. The highest BCUT2D eigenvalue weighted by molar-refractivity contribution is 8.93. The van der Waals surface area contributed by atoms with Gasteiger partial charge < -0.3 is 15.0 Å². The maximum atomic E-state index is 5.63. The molecule has 0 aromatic heterocycles. The van der Waals surface area contributed by atoms with Gasteiger partial charge in [-0.05, 0) is 19.1 Å². The normalized spacial score (nSPS) is 14.5. The number of benzene rings is 1. The molecule has 17 heavy (non-hydrogen) atoms. The second-order valence-electron chi connectivity index (χ2n) is 3.64. The van der Waals surface area contributed by atoms with Gasteiger partial charge in [0.2, 0.25) is 0 Å². The Morgan fingerprint density at radius 1 is 1.18 bits per heavy atom. The summed E-state index contributed by atoms with van der Waals surface area (Å²) in [6, 6.07) is 8.27. The molecule has 1 heterocycles. The lowest BCUT2D eigenvalue weighted by Gasteiger charge is -2.30. The van der Waals surface area contributed by atoms with E-state index < -0.39 is 0 Å². The molecule has 2 rings (SSSR count). The van der Waals surface area contributed by atoms with E-state index in [9.17, 15) is 0 Å². The van der Waals surface area contributed by atoms with Gasteiger partial charge in [0.25, 0.3) is 0 Å². The Morgan fingerprint density at radius 2 is 1.82 bits per heavy atom. The molecule has 0 amide bonds. The number of nitrogens with one attached hydrogen (secondary N) is 1. The smallest absolute Gasteiger partial charge is 0.142 e. The molecule has 1 fully saturated rings. The van der Waals surface area contributed by atoms with Crippen LogP contribution in [0.25, 0.3) is 0 Å². The van der Waals surface area contributed by atoms with Crippen molar-refractivity contribution in [3.63, 3.8) is 0 Å². The van der Waals surface area contributed by atoms with Crippen LogP contribution in [-0.2, 0) is 0 Å². The fraction of sp³-hybridized carbons (Fsp3) is 0.500. The van der Waals surface area contributed by atoms with Crippen molar-refractivity contribution >= 4 is 39.7 Å². The highest BCUT2D eigenvalue weighted by Gasteiger charge is 2.13. The van der Waals surface area contributed by atoms with Crippen LogP contribution in [0.4, 0.5) is 5.69 Å². The first-order chi connectivity index (χ1) is 7.42. The van der Waals surface area contributed by atoms with Gasteiger partial charge in [-0.25, -0.2) is 0 Å².